The summed E-state index contributed by atoms with van der Waals surface area (Å²) in [7, 11) is -3.36. The molecule has 0 aromatic heterocycles. The Morgan fingerprint density at radius 2 is 2.30 bits per heavy atom. The zero-order valence-electron chi connectivity index (χ0n) is 5.56. The lowest BCUT2D eigenvalue weighted by Crippen LogP contribution is -2.25. The molecule has 5 heteroatoms. The molecule has 0 amide bonds. The third kappa shape index (κ3) is 1.18. The number of rotatable bonds is 1. The van der Waals surface area contributed by atoms with Crippen molar-refractivity contribution in [1.82, 2.24) is 4.31 Å². The van der Waals surface area contributed by atoms with E-state index in [0.29, 0.717) is 6.54 Å². The van der Waals surface area contributed by atoms with Gasteiger partial charge in [0.15, 0.2) is 0 Å². The fourth-order valence-corrected chi connectivity index (χ4v) is 1.55. The van der Waals surface area contributed by atoms with Crippen molar-refractivity contribution in [2.45, 2.75) is 6.92 Å². The Morgan fingerprint density at radius 1 is 1.60 bits per heavy atom. The van der Waals surface area contributed by atoms with Gasteiger partial charge in [0.25, 0.3) is 0 Å². The molecule has 0 aromatic rings. The van der Waals surface area contributed by atoms with E-state index in [4.69, 9.17) is 0 Å². The highest BCUT2D eigenvalue weighted by atomic mass is 32.2. The van der Waals surface area contributed by atoms with Gasteiger partial charge >= 0.3 is 10.2 Å². The Morgan fingerprint density at radius 3 is 2.70 bits per heavy atom. The van der Waals surface area contributed by atoms with Crippen LogP contribution in [0, 0.1) is 0 Å². The van der Waals surface area contributed by atoms with Crippen molar-refractivity contribution in [1.29, 1.82) is 0 Å². The quantitative estimate of drug-likeness (QED) is 0.548. The van der Waals surface area contributed by atoms with Gasteiger partial charge in [-0.2, -0.15) is 12.8 Å². The van der Waals surface area contributed by atoms with E-state index in [1.807, 2.05) is 0 Å². The van der Waals surface area contributed by atoms with Gasteiger partial charge in [0.1, 0.15) is 0 Å². The molecule has 0 bridgehead atoms. The second kappa shape index (κ2) is 2.42. The van der Waals surface area contributed by atoms with Gasteiger partial charge in [-0.1, -0.05) is 0 Å². The Labute approximate surface area is 60.1 Å². The predicted octanol–water partition coefficient (Wildman–Crippen LogP) is 0.151. The van der Waals surface area contributed by atoms with Crippen LogP contribution in [0.4, 0.5) is 0 Å². The SMILES string of the molecule is CCN1C=CC=NS1(=O)=O. The van der Waals surface area contributed by atoms with Crippen LogP contribution in [0.25, 0.3) is 0 Å². The minimum Gasteiger partial charge on any atom is -0.259 e. The van der Waals surface area contributed by atoms with E-state index < -0.39 is 10.2 Å². The molecule has 0 atom stereocenters. The third-order valence-corrected chi connectivity index (χ3v) is 2.50. The van der Waals surface area contributed by atoms with Gasteiger partial charge in [-0.25, -0.2) is 0 Å². The van der Waals surface area contributed by atoms with Gasteiger partial charge in [0.05, 0.1) is 0 Å². The molecule has 1 aliphatic heterocycles. The first-order valence-corrected chi connectivity index (χ1v) is 4.30. The van der Waals surface area contributed by atoms with Gasteiger partial charge < -0.3 is 0 Å². The molecule has 1 rings (SSSR count). The van der Waals surface area contributed by atoms with Crippen molar-refractivity contribution in [3.8, 4) is 0 Å². The summed E-state index contributed by atoms with van der Waals surface area (Å²) in [6, 6.07) is 0. The molecule has 1 heterocycles. The van der Waals surface area contributed by atoms with E-state index in [0.717, 1.165) is 0 Å². The van der Waals surface area contributed by atoms with Gasteiger partial charge in [-0.05, 0) is 13.0 Å². The molecule has 0 radical (unpaired) electrons. The molecule has 10 heavy (non-hydrogen) atoms. The van der Waals surface area contributed by atoms with Gasteiger partial charge in [-0.15, -0.1) is 0 Å². The molecular formula is C5H8N2O2S. The average molecular weight is 160 g/mol. The largest absolute Gasteiger partial charge is 0.344 e. The maximum Gasteiger partial charge on any atom is 0.344 e. The van der Waals surface area contributed by atoms with E-state index in [2.05, 4.69) is 4.40 Å². The first-order valence-electron chi connectivity index (χ1n) is 2.90. The molecule has 56 valence electrons. The van der Waals surface area contributed by atoms with Gasteiger partial charge in [-0.3, -0.25) is 4.31 Å². The van der Waals surface area contributed by atoms with E-state index in [1.54, 1.807) is 13.0 Å². The monoisotopic (exact) mass is 160 g/mol. The Balaban J connectivity index is 2.96. The molecule has 0 saturated carbocycles. The van der Waals surface area contributed by atoms with Crippen molar-refractivity contribution in [3.05, 3.63) is 12.3 Å². The van der Waals surface area contributed by atoms with Crippen LogP contribution < -0.4 is 0 Å². The Bertz CT molecular complexity index is 265. The smallest absolute Gasteiger partial charge is 0.259 e. The number of hydrogen-bond donors (Lipinski definition) is 0. The van der Waals surface area contributed by atoms with Crippen LogP contribution in [0.1, 0.15) is 6.92 Å². The molecular weight excluding hydrogens is 152 g/mol. The van der Waals surface area contributed by atoms with Crippen molar-refractivity contribution < 1.29 is 8.42 Å². The van der Waals surface area contributed by atoms with Gasteiger partial charge in [0, 0.05) is 19.0 Å². The minimum absolute atomic E-state index is 0.427. The highest BCUT2D eigenvalue weighted by Gasteiger charge is 2.15. The minimum atomic E-state index is -3.36. The summed E-state index contributed by atoms with van der Waals surface area (Å²) in [6.45, 7) is 2.18. The maximum atomic E-state index is 10.9. The summed E-state index contributed by atoms with van der Waals surface area (Å²) in [5.74, 6) is 0. The summed E-state index contributed by atoms with van der Waals surface area (Å²) >= 11 is 0. The first kappa shape index (κ1) is 7.27. The Kier molecular flexibility index (Phi) is 1.76. The van der Waals surface area contributed by atoms with E-state index >= 15 is 0 Å². The number of hydrogen-bond acceptors (Lipinski definition) is 2. The van der Waals surface area contributed by atoms with Crippen LogP contribution >= 0.6 is 0 Å². The highest BCUT2D eigenvalue weighted by molar-refractivity contribution is 7.88. The zero-order chi connectivity index (χ0) is 7.61. The van der Waals surface area contributed by atoms with Crippen molar-refractivity contribution in [2.75, 3.05) is 6.54 Å². The van der Waals surface area contributed by atoms with Crippen LogP contribution in [0.2, 0.25) is 0 Å². The second-order valence-corrected chi connectivity index (χ2v) is 3.35. The zero-order valence-corrected chi connectivity index (χ0v) is 6.37. The predicted molar refractivity (Wildman–Crippen MR) is 38.9 cm³/mol. The molecule has 0 spiro atoms. The summed E-state index contributed by atoms with van der Waals surface area (Å²) in [4.78, 5) is 0. The topological polar surface area (TPSA) is 49.7 Å². The molecule has 1 aliphatic rings. The van der Waals surface area contributed by atoms with Crippen molar-refractivity contribution >= 4 is 16.4 Å². The van der Waals surface area contributed by atoms with Crippen LogP contribution in [-0.4, -0.2) is 25.5 Å². The molecule has 0 saturated heterocycles. The standard InChI is InChI=1S/C5H8N2O2S/c1-2-7-5-3-4-6-10(7,8)9/h3-5H,2H2,1H3. The first-order chi connectivity index (χ1) is 4.67. The molecule has 4 nitrogen and oxygen atoms in total. The number of allylic oxidation sites excluding steroid dienone is 1. The molecule has 0 fully saturated rings. The normalized spacial score (nSPS) is 21.5. The summed E-state index contributed by atoms with van der Waals surface area (Å²) in [6.07, 6.45) is 4.34. The maximum absolute atomic E-state index is 10.9. The van der Waals surface area contributed by atoms with Crippen molar-refractivity contribution in [3.63, 3.8) is 0 Å². The average Bonchev–Trinajstić information content (AvgIpc) is 1.87. The summed E-state index contributed by atoms with van der Waals surface area (Å²) < 4.78 is 26.3. The summed E-state index contributed by atoms with van der Waals surface area (Å²) in [5, 5.41) is 0. The molecule has 0 N–H and O–H groups in total. The lowest BCUT2D eigenvalue weighted by molar-refractivity contribution is 0.512. The molecule has 0 aliphatic carbocycles. The Hall–Kier alpha value is -0.840. The van der Waals surface area contributed by atoms with Gasteiger partial charge in [0.2, 0.25) is 0 Å². The lowest BCUT2D eigenvalue weighted by atomic mass is 10.6. The fraction of sp³-hybridized carbons (Fsp3) is 0.400. The van der Waals surface area contributed by atoms with Crippen LogP contribution in [0.3, 0.4) is 0 Å². The summed E-state index contributed by atoms with van der Waals surface area (Å²) in [5.41, 5.74) is 0. The van der Waals surface area contributed by atoms with Crippen molar-refractivity contribution in [2.24, 2.45) is 4.40 Å². The molecule has 0 unspecified atom stereocenters. The highest BCUT2D eigenvalue weighted by Crippen LogP contribution is 2.05. The lowest BCUT2D eigenvalue weighted by Gasteiger charge is -2.15. The van der Waals surface area contributed by atoms with E-state index in [9.17, 15) is 8.42 Å². The van der Waals surface area contributed by atoms with Crippen LogP contribution in [-0.2, 0) is 10.2 Å². The fourth-order valence-electron chi connectivity index (χ4n) is 0.653. The molecule has 0 aromatic carbocycles. The van der Waals surface area contributed by atoms with Crippen LogP contribution in [0.5, 0.6) is 0 Å². The third-order valence-electron chi connectivity index (χ3n) is 1.14. The second-order valence-electron chi connectivity index (χ2n) is 1.78. The van der Waals surface area contributed by atoms with E-state index in [1.165, 1.54) is 16.7 Å². The van der Waals surface area contributed by atoms with E-state index in [-0.39, 0.29) is 0 Å². The van der Waals surface area contributed by atoms with Crippen LogP contribution in [0.15, 0.2) is 16.7 Å². The number of nitrogens with zero attached hydrogens (tertiary/aromatic N) is 2.